The zero-order chi connectivity index (χ0) is 15.9. The lowest BCUT2D eigenvalue weighted by Gasteiger charge is -2.09. The molecule has 2 aromatic rings. The highest BCUT2D eigenvalue weighted by Crippen LogP contribution is 2.20. The number of ether oxygens (including phenoxy) is 1. The van der Waals surface area contributed by atoms with E-state index in [0.29, 0.717) is 17.3 Å². The first-order valence-corrected chi connectivity index (χ1v) is 8.47. The van der Waals surface area contributed by atoms with E-state index in [0.717, 1.165) is 11.1 Å². The van der Waals surface area contributed by atoms with Crippen molar-refractivity contribution in [2.24, 2.45) is 0 Å². The van der Waals surface area contributed by atoms with Crippen molar-refractivity contribution < 1.29 is 9.53 Å². The molecule has 0 aliphatic heterocycles. The van der Waals surface area contributed by atoms with Crippen molar-refractivity contribution in [1.29, 1.82) is 0 Å². The number of carbonyl (C=O) groups is 1. The Morgan fingerprint density at radius 1 is 1.23 bits per heavy atom. The van der Waals surface area contributed by atoms with Gasteiger partial charge in [0.05, 0.1) is 0 Å². The van der Waals surface area contributed by atoms with Crippen molar-refractivity contribution in [2.75, 3.05) is 12.9 Å². The van der Waals surface area contributed by atoms with Gasteiger partial charge in [0, 0.05) is 16.5 Å². The predicted octanol–water partition coefficient (Wildman–Crippen LogP) is 4.07. The molecule has 0 aromatic heterocycles. The number of carbonyl (C=O) groups excluding carboxylic acids is 1. The second kappa shape index (κ2) is 8.11. The summed E-state index contributed by atoms with van der Waals surface area (Å²) >= 11 is 7.64. The Morgan fingerprint density at radius 3 is 2.59 bits per heavy atom. The van der Waals surface area contributed by atoms with Crippen LogP contribution in [0.5, 0.6) is 5.75 Å². The summed E-state index contributed by atoms with van der Waals surface area (Å²) in [5, 5.41) is 3.52. The normalized spacial score (nSPS) is 10.3. The fourth-order valence-corrected chi connectivity index (χ4v) is 2.38. The molecule has 0 aliphatic rings. The molecule has 0 spiro atoms. The van der Waals surface area contributed by atoms with Gasteiger partial charge in [0.15, 0.2) is 6.61 Å². The molecule has 0 atom stereocenters. The Bertz CT molecular complexity index is 644. The standard InChI is InChI=1S/C17H18ClNO2S/c1-12-9-14(5-8-16(12)18)21-11-17(20)19-10-13-3-6-15(22-2)7-4-13/h3-9H,10-11H2,1-2H3,(H,19,20). The molecule has 0 heterocycles. The van der Waals surface area contributed by atoms with Crippen LogP contribution in [0, 0.1) is 6.92 Å². The largest absolute Gasteiger partial charge is 0.484 e. The van der Waals surface area contributed by atoms with Crippen LogP contribution in [0.15, 0.2) is 47.4 Å². The molecule has 0 aliphatic carbocycles. The Hall–Kier alpha value is -1.65. The molecule has 0 saturated heterocycles. The van der Waals surface area contributed by atoms with Crippen molar-refractivity contribution in [3.63, 3.8) is 0 Å². The topological polar surface area (TPSA) is 38.3 Å². The van der Waals surface area contributed by atoms with Crippen LogP contribution in [-0.4, -0.2) is 18.8 Å². The van der Waals surface area contributed by atoms with E-state index in [1.54, 1.807) is 23.9 Å². The smallest absolute Gasteiger partial charge is 0.258 e. The average molecular weight is 336 g/mol. The van der Waals surface area contributed by atoms with Crippen LogP contribution in [0.1, 0.15) is 11.1 Å². The predicted molar refractivity (Wildman–Crippen MR) is 91.8 cm³/mol. The summed E-state index contributed by atoms with van der Waals surface area (Å²) < 4.78 is 5.45. The Kier molecular flexibility index (Phi) is 6.16. The van der Waals surface area contributed by atoms with Gasteiger partial charge < -0.3 is 10.1 Å². The maximum absolute atomic E-state index is 11.8. The minimum absolute atomic E-state index is 0.00995. The van der Waals surface area contributed by atoms with E-state index in [-0.39, 0.29) is 12.5 Å². The summed E-state index contributed by atoms with van der Waals surface area (Å²) in [6.07, 6.45) is 2.03. The van der Waals surface area contributed by atoms with E-state index in [2.05, 4.69) is 5.32 Å². The van der Waals surface area contributed by atoms with E-state index in [1.807, 2.05) is 43.5 Å². The van der Waals surface area contributed by atoms with Crippen LogP contribution < -0.4 is 10.1 Å². The second-order valence-electron chi connectivity index (χ2n) is 4.82. The van der Waals surface area contributed by atoms with Crippen molar-refractivity contribution in [3.05, 3.63) is 58.6 Å². The van der Waals surface area contributed by atoms with Gasteiger partial charge in [-0.05, 0) is 54.6 Å². The molecular formula is C17H18ClNO2S. The molecule has 116 valence electrons. The van der Waals surface area contributed by atoms with Crippen LogP contribution in [0.25, 0.3) is 0 Å². The van der Waals surface area contributed by atoms with E-state index >= 15 is 0 Å². The van der Waals surface area contributed by atoms with Gasteiger partial charge in [-0.1, -0.05) is 23.7 Å². The molecule has 0 fully saturated rings. The Labute approximate surface area is 140 Å². The average Bonchev–Trinajstić information content (AvgIpc) is 2.54. The number of amides is 1. The fourth-order valence-electron chi connectivity index (χ4n) is 1.85. The molecule has 22 heavy (non-hydrogen) atoms. The van der Waals surface area contributed by atoms with Crippen LogP contribution in [0.4, 0.5) is 0 Å². The lowest BCUT2D eigenvalue weighted by Crippen LogP contribution is -2.28. The second-order valence-corrected chi connectivity index (χ2v) is 6.11. The van der Waals surface area contributed by atoms with Crippen LogP contribution in [0.2, 0.25) is 5.02 Å². The minimum Gasteiger partial charge on any atom is -0.484 e. The third-order valence-corrected chi connectivity index (χ3v) is 4.32. The zero-order valence-corrected chi connectivity index (χ0v) is 14.1. The van der Waals surface area contributed by atoms with E-state index in [1.165, 1.54) is 4.90 Å². The molecule has 0 bridgehead atoms. The number of thioether (sulfide) groups is 1. The van der Waals surface area contributed by atoms with Crippen molar-refractivity contribution >= 4 is 29.3 Å². The molecular weight excluding hydrogens is 318 g/mol. The molecule has 1 N–H and O–H groups in total. The number of aryl methyl sites for hydroxylation is 1. The quantitative estimate of drug-likeness (QED) is 0.809. The summed E-state index contributed by atoms with van der Waals surface area (Å²) in [5.74, 6) is 0.489. The lowest BCUT2D eigenvalue weighted by atomic mass is 10.2. The number of hydrogen-bond donors (Lipinski definition) is 1. The Morgan fingerprint density at radius 2 is 1.95 bits per heavy atom. The van der Waals surface area contributed by atoms with E-state index in [9.17, 15) is 4.79 Å². The Balaban J connectivity index is 1.78. The van der Waals surface area contributed by atoms with E-state index < -0.39 is 0 Å². The van der Waals surface area contributed by atoms with Crippen LogP contribution in [-0.2, 0) is 11.3 Å². The molecule has 0 unspecified atom stereocenters. The third-order valence-electron chi connectivity index (χ3n) is 3.15. The van der Waals surface area contributed by atoms with Gasteiger partial charge in [0.1, 0.15) is 5.75 Å². The molecule has 3 nitrogen and oxygen atoms in total. The third kappa shape index (κ3) is 4.97. The number of nitrogens with one attached hydrogen (secondary N) is 1. The first-order chi connectivity index (χ1) is 10.6. The highest BCUT2D eigenvalue weighted by molar-refractivity contribution is 7.98. The maximum Gasteiger partial charge on any atom is 0.258 e. The first kappa shape index (κ1) is 16.7. The van der Waals surface area contributed by atoms with Crippen LogP contribution >= 0.6 is 23.4 Å². The van der Waals surface area contributed by atoms with Gasteiger partial charge >= 0.3 is 0 Å². The van der Waals surface area contributed by atoms with Gasteiger partial charge in [-0.2, -0.15) is 0 Å². The summed E-state index contributed by atoms with van der Waals surface area (Å²) in [5.41, 5.74) is 1.99. The molecule has 0 saturated carbocycles. The van der Waals surface area contributed by atoms with Crippen molar-refractivity contribution in [3.8, 4) is 5.75 Å². The summed E-state index contributed by atoms with van der Waals surface area (Å²) in [6.45, 7) is 2.38. The molecule has 0 radical (unpaired) electrons. The zero-order valence-electron chi connectivity index (χ0n) is 12.6. The van der Waals surface area contributed by atoms with Gasteiger partial charge in [-0.25, -0.2) is 0 Å². The van der Waals surface area contributed by atoms with Gasteiger partial charge in [-0.3, -0.25) is 4.79 Å². The van der Waals surface area contributed by atoms with Gasteiger partial charge in [0.25, 0.3) is 5.91 Å². The highest BCUT2D eigenvalue weighted by atomic mass is 35.5. The van der Waals surface area contributed by atoms with Gasteiger partial charge in [0.2, 0.25) is 0 Å². The van der Waals surface area contributed by atoms with Crippen molar-refractivity contribution in [1.82, 2.24) is 5.32 Å². The molecule has 5 heteroatoms. The van der Waals surface area contributed by atoms with E-state index in [4.69, 9.17) is 16.3 Å². The van der Waals surface area contributed by atoms with Gasteiger partial charge in [-0.15, -0.1) is 11.8 Å². The maximum atomic E-state index is 11.8. The molecule has 1 amide bonds. The summed E-state index contributed by atoms with van der Waals surface area (Å²) in [6, 6.07) is 13.4. The number of halogens is 1. The summed E-state index contributed by atoms with van der Waals surface area (Å²) in [4.78, 5) is 13.0. The fraction of sp³-hybridized carbons (Fsp3) is 0.235. The van der Waals surface area contributed by atoms with Crippen LogP contribution in [0.3, 0.4) is 0 Å². The number of benzene rings is 2. The summed E-state index contributed by atoms with van der Waals surface area (Å²) in [7, 11) is 0. The molecule has 2 rings (SSSR count). The molecule has 2 aromatic carbocycles. The first-order valence-electron chi connectivity index (χ1n) is 6.87. The monoisotopic (exact) mass is 335 g/mol. The SMILES string of the molecule is CSc1ccc(CNC(=O)COc2ccc(Cl)c(C)c2)cc1. The minimum atomic E-state index is -0.151. The highest BCUT2D eigenvalue weighted by Gasteiger charge is 2.04. The lowest BCUT2D eigenvalue weighted by molar-refractivity contribution is -0.123. The number of rotatable bonds is 6. The number of hydrogen-bond acceptors (Lipinski definition) is 3. The van der Waals surface area contributed by atoms with Crippen molar-refractivity contribution in [2.45, 2.75) is 18.4 Å².